The number of nitrogens with zero attached hydrogens (tertiary/aromatic N) is 2. The van der Waals surface area contributed by atoms with E-state index in [9.17, 15) is 28.3 Å². The lowest BCUT2D eigenvalue weighted by molar-refractivity contribution is -0.140. The van der Waals surface area contributed by atoms with Crippen molar-refractivity contribution < 1.29 is 28.3 Å². The van der Waals surface area contributed by atoms with Crippen LogP contribution in [-0.2, 0) is 17.8 Å². The van der Waals surface area contributed by atoms with Crippen LogP contribution in [0.3, 0.4) is 0 Å². The summed E-state index contributed by atoms with van der Waals surface area (Å²) in [5.41, 5.74) is 4.50. The van der Waals surface area contributed by atoms with Crippen LogP contribution in [0.25, 0.3) is 11.1 Å². The lowest BCUT2D eigenvalue weighted by atomic mass is 9.93. The van der Waals surface area contributed by atoms with Gasteiger partial charge in [-0.15, -0.1) is 0 Å². The second-order valence-electron chi connectivity index (χ2n) is 13.2. The van der Waals surface area contributed by atoms with Gasteiger partial charge in [0.25, 0.3) is 11.8 Å². The number of hydrogen-bond donors (Lipinski definition) is 3. The first-order chi connectivity index (χ1) is 24.6. The number of carbonyl (C=O) groups is 3. The summed E-state index contributed by atoms with van der Waals surface area (Å²) in [5.74, 6) is -2.74. The maximum Gasteiger partial charge on any atom is 0.253 e. The van der Waals surface area contributed by atoms with Gasteiger partial charge in [0.1, 0.15) is 17.7 Å². The minimum absolute atomic E-state index is 0.160. The molecule has 4 aromatic carbocycles. The van der Waals surface area contributed by atoms with Gasteiger partial charge in [-0.3, -0.25) is 14.4 Å². The summed E-state index contributed by atoms with van der Waals surface area (Å²) in [5, 5.41) is 17.7. The van der Waals surface area contributed by atoms with Crippen molar-refractivity contribution in [2.45, 2.75) is 64.8 Å². The van der Waals surface area contributed by atoms with Crippen molar-refractivity contribution in [1.29, 1.82) is 0 Å². The Kier molecular flexibility index (Phi) is 12.7. The van der Waals surface area contributed by atoms with Crippen molar-refractivity contribution in [1.82, 2.24) is 20.4 Å². The molecule has 0 aliphatic carbocycles. The van der Waals surface area contributed by atoms with Crippen molar-refractivity contribution in [3.8, 4) is 11.1 Å². The highest BCUT2D eigenvalue weighted by atomic mass is 19.1. The molecule has 51 heavy (non-hydrogen) atoms. The van der Waals surface area contributed by atoms with Crippen molar-refractivity contribution in [3.63, 3.8) is 0 Å². The van der Waals surface area contributed by atoms with Crippen LogP contribution in [0.2, 0.25) is 0 Å². The van der Waals surface area contributed by atoms with Gasteiger partial charge < -0.3 is 25.5 Å². The zero-order valence-electron chi connectivity index (χ0n) is 29.4. The number of hydrogen-bond acceptors (Lipinski definition) is 5. The summed E-state index contributed by atoms with van der Waals surface area (Å²) in [6.45, 7) is 8.05. The molecule has 268 valence electrons. The van der Waals surface area contributed by atoms with Crippen molar-refractivity contribution in [2.75, 3.05) is 26.2 Å². The topological polar surface area (TPSA) is 102 Å². The first-order valence-electron chi connectivity index (χ1n) is 17.6. The van der Waals surface area contributed by atoms with Gasteiger partial charge in [-0.2, -0.15) is 0 Å². The van der Waals surface area contributed by atoms with E-state index in [2.05, 4.69) is 10.6 Å². The Morgan fingerprint density at radius 1 is 0.882 bits per heavy atom. The van der Waals surface area contributed by atoms with E-state index >= 15 is 0 Å². The standard InChI is InChI=1S/C41H46F2N4O4/c1-4-16-46(17-5-2)40(50)33-20-27(3)19-32(24-33)39(49)45-36(23-29-21-34(42)25-35(43)22-29)38(48)37-41(51)47(18-15-44-37)26-28-11-13-31(14-12-28)30-9-7-6-8-10-30/h6-14,19-22,24-25,36-38,44,48H,4-5,15-18,23,26H2,1-3H3,(H,45,49)/t36-,37-,38-/m0/s1. The summed E-state index contributed by atoms with van der Waals surface area (Å²) < 4.78 is 28.5. The van der Waals surface area contributed by atoms with Crippen molar-refractivity contribution in [3.05, 3.63) is 130 Å². The molecule has 1 saturated heterocycles. The van der Waals surface area contributed by atoms with E-state index in [1.54, 1.807) is 28.9 Å². The zero-order chi connectivity index (χ0) is 36.5. The van der Waals surface area contributed by atoms with Gasteiger partial charge in [0.15, 0.2) is 0 Å². The first-order valence-corrected chi connectivity index (χ1v) is 17.6. The minimum atomic E-state index is -1.47. The number of halogens is 2. The molecule has 1 fully saturated rings. The summed E-state index contributed by atoms with van der Waals surface area (Å²) in [6.07, 6.45) is -0.0491. The molecule has 10 heteroatoms. The molecule has 1 aliphatic rings. The highest BCUT2D eigenvalue weighted by molar-refractivity contribution is 6.00. The average Bonchev–Trinajstić information content (AvgIpc) is 3.11. The number of amides is 3. The van der Waals surface area contributed by atoms with Gasteiger partial charge in [0.05, 0.1) is 12.1 Å². The number of benzene rings is 4. The Bertz CT molecular complexity index is 1790. The van der Waals surface area contributed by atoms with Crippen LogP contribution < -0.4 is 10.6 Å². The normalized spacial score (nSPS) is 15.7. The molecule has 0 bridgehead atoms. The predicted octanol–water partition coefficient (Wildman–Crippen LogP) is 5.91. The molecule has 0 aromatic heterocycles. The quantitative estimate of drug-likeness (QED) is 0.152. The van der Waals surface area contributed by atoms with E-state index < -0.39 is 35.7 Å². The molecule has 0 saturated carbocycles. The molecule has 1 aliphatic heterocycles. The Morgan fingerprint density at radius 2 is 1.51 bits per heavy atom. The third-order valence-corrected chi connectivity index (χ3v) is 9.07. The van der Waals surface area contributed by atoms with Gasteiger partial charge in [0.2, 0.25) is 5.91 Å². The largest absolute Gasteiger partial charge is 0.389 e. The number of rotatable bonds is 14. The minimum Gasteiger partial charge on any atom is -0.389 e. The van der Waals surface area contributed by atoms with E-state index in [1.165, 1.54) is 6.07 Å². The van der Waals surface area contributed by atoms with E-state index in [4.69, 9.17) is 0 Å². The SMILES string of the molecule is CCCN(CCC)C(=O)c1cc(C)cc(C(=O)N[C@@H](Cc2cc(F)cc(F)c2)[C@H](O)[C@@H]2NCCN(Cc3ccc(-c4ccccc4)cc3)C2=O)c1. The first kappa shape index (κ1) is 37.3. The summed E-state index contributed by atoms with van der Waals surface area (Å²) in [4.78, 5) is 44.5. The summed E-state index contributed by atoms with van der Waals surface area (Å²) in [7, 11) is 0. The lowest BCUT2D eigenvalue weighted by Crippen LogP contribution is -2.63. The number of aliphatic hydroxyl groups excluding tert-OH is 1. The van der Waals surface area contributed by atoms with Crippen LogP contribution in [0.15, 0.2) is 91.0 Å². The number of carbonyl (C=O) groups excluding carboxylic acids is 3. The maximum absolute atomic E-state index is 14.2. The Morgan fingerprint density at radius 3 is 2.16 bits per heavy atom. The summed E-state index contributed by atoms with van der Waals surface area (Å²) in [6, 6.07) is 23.6. The fourth-order valence-corrected chi connectivity index (χ4v) is 6.63. The fourth-order valence-electron chi connectivity index (χ4n) is 6.63. The van der Waals surface area contributed by atoms with Crippen LogP contribution >= 0.6 is 0 Å². The smallest absolute Gasteiger partial charge is 0.253 e. The molecule has 1 heterocycles. The van der Waals surface area contributed by atoms with Crippen LogP contribution in [0.1, 0.15) is 64.1 Å². The molecular formula is C41H46F2N4O4. The Hall–Kier alpha value is -4.93. The van der Waals surface area contributed by atoms with Crippen LogP contribution in [0.4, 0.5) is 8.78 Å². The monoisotopic (exact) mass is 696 g/mol. The van der Waals surface area contributed by atoms with Gasteiger partial charge in [-0.25, -0.2) is 8.78 Å². The van der Waals surface area contributed by atoms with E-state index in [0.717, 1.165) is 47.7 Å². The highest BCUT2D eigenvalue weighted by Gasteiger charge is 2.38. The molecule has 8 nitrogen and oxygen atoms in total. The molecule has 5 rings (SSSR count). The van der Waals surface area contributed by atoms with Crippen molar-refractivity contribution in [2.24, 2.45) is 0 Å². The Labute approximate surface area is 298 Å². The maximum atomic E-state index is 14.2. The molecular weight excluding hydrogens is 650 g/mol. The molecule has 3 N–H and O–H groups in total. The molecule has 0 spiro atoms. The Balaban J connectivity index is 1.37. The number of nitrogens with one attached hydrogen (secondary N) is 2. The van der Waals surface area contributed by atoms with E-state index in [-0.39, 0.29) is 29.4 Å². The van der Waals surface area contributed by atoms with Gasteiger partial charge in [-0.1, -0.05) is 68.4 Å². The second kappa shape index (κ2) is 17.3. The average molecular weight is 697 g/mol. The van der Waals surface area contributed by atoms with Crippen LogP contribution in [0.5, 0.6) is 0 Å². The van der Waals surface area contributed by atoms with Crippen LogP contribution in [-0.4, -0.2) is 77.0 Å². The second-order valence-corrected chi connectivity index (χ2v) is 13.2. The third-order valence-electron chi connectivity index (χ3n) is 9.07. The van der Waals surface area contributed by atoms with Gasteiger partial charge in [0, 0.05) is 49.9 Å². The molecule has 4 aromatic rings. The molecule has 0 radical (unpaired) electrons. The van der Waals surface area contributed by atoms with E-state index in [1.807, 2.05) is 68.4 Å². The van der Waals surface area contributed by atoms with Crippen molar-refractivity contribution >= 4 is 17.7 Å². The van der Waals surface area contributed by atoms with E-state index in [0.29, 0.717) is 43.9 Å². The third kappa shape index (κ3) is 9.65. The van der Waals surface area contributed by atoms with Gasteiger partial charge in [-0.05, 0) is 84.3 Å². The zero-order valence-corrected chi connectivity index (χ0v) is 29.4. The predicted molar refractivity (Wildman–Crippen MR) is 194 cm³/mol. The number of aryl methyl sites for hydroxylation is 1. The summed E-state index contributed by atoms with van der Waals surface area (Å²) >= 11 is 0. The molecule has 0 unspecified atom stereocenters. The molecule has 3 atom stereocenters. The number of aliphatic hydroxyl groups is 1. The molecule has 3 amide bonds. The number of piperazine rings is 1. The lowest BCUT2D eigenvalue weighted by Gasteiger charge is -2.38. The van der Waals surface area contributed by atoms with Gasteiger partial charge >= 0.3 is 0 Å². The fraction of sp³-hybridized carbons (Fsp3) is 0.341. The van der Waals surface area contributed by atoms with Crippen LogP contribution in [0, 0.1) is 18.6 Å². The highest BCUT2D eigenvalue weighted by Crippen LogP contribution is 2.22.